The van der Waals surface area contributed by atoms with Gasteiger partial charge < -0.3 is 15.3 Å². The molecule has 0 aromatic heterocycles. The number of rotatable bonds is 3. The highest BCUT2D eigenvalue weighted by atomic mass is 16.3. The van der Waals surface area contributed by atoms with Gasteiger partial charge in [-0.1, -0.05) is 19.8 Å². The minimum absolute atomic E-state index is 0.355. The number of likely N-dealkylation sites (tertiary alicyclic amines) is 1. The van der Waals surface area contributed by atoms with Gasteiger partial charge in [0.25, 0.3) is 0 Å². The molecule has 0 aromatic rings. The van der Waals surface area contributed by atoms with Gasteiger partial charge in [0.2, 0.25) is 0 Å². The Balaban J connectivity index is 1.91. The summed E-state index contributed by atoms with van der Waals surface area (Å²) in [5.41, 5.74) is 0. The Labute approximate surface area is 112 Å². The van der Waals surface area contributed by atoms with Gasteiger partial charge in [0.05, 0.1) is 0 Å². The van der Waals surface area contributed by atoms with Crippen molar-refractivity contribution in [3.05, 3.63) is 0 Å². The number of nitrogens with one attached hydrogen (secondary N) is 1. The fraction of sp³-hybridized carbons (Fsp3) is 1.00. The van der Waals surface area contributed by atoms with Crippen LogP contribution in [0.1, 0.15) is 46.0 Å². The molecule has 0 bridgehead atoms. The van der Waals surface area contributed by atoms with Crippen molar-refractivity contribution in [2.75, 3.05) is 20.2 Å². The monoisotopic (exact) mass is 254 g/mol. The molecule has 1 aliphatic carbocycles. The average Bonchev–Trinajstić information content (AvgIpc) is 2.36. The molecule has 3 heteroatoms. The minimum Gasteiger partial charge on any atom is -0.396 e. The van der Waals surface area contributed by atoms with Gasteiger partial charge in [0.1, 0.15) is 0 Å². The van der Waals surface area contributed by atoms with E-state index < -0.39 is 0 Å². The number of hydrogen-bond donors (Lipinski definition) is 2. The molecule has 0 aromatic carbocycles. The van der Waals surface area contributed by atoms with Gasteiger partial charge >= 0.3 is 0 Å². The molecule has 3 nitrogen and oxygen atoms in total. The summed E-state index contributed by atoms with van der Waals surface area (Å²) in [6.45, 7) is 6.23. The Morgan fingerprint density at radius 3 is 2.61 bits per heavy atom. The quantitative estimate of drug-likeness (QED) is 0.807. The number of hydrogen-bond acceptors (Lipinski definition) is 3. The summed E-state index contributed by atoms with van der Waals surface area (Å²) in [6, 6.07) is 1.86. The summed E-state index contributed by atoms with van der Waals surface area (Å²) in [5.74, 6) is 1.20. The molecule has 0 spiro atoms. The Morgan fingerprint density at radius 1 is 1.17 bits per heavy atom. The molecule has 18 heavy (non-hydrogen) atoms. The molecule has 5 unspecified atom stereocenters. The van der Waals surface area contributed by atoms with Gasteiger partial charge in [0, 0.05) is 31.3 Å². The van der Waals surface area contributed by atoms with Crippen LogP contribution in [0.15, 0.2) is 0 Å². The fourth-order valence-electron chi connectivity index (χ4n) is 3.69. The van der Waals surface area contributed by atoms with E-state index in [1.165, 1.54) is 38.6 Å². The van der Waals surface area contributed by atoms with Crippen LogP contribution >= 0.6 is 0 Å². The van der Waals surface area contributed by atoms with E-state index in [0.717, 1.165) is 0 Å². The van der Waals surface area contributed by atoms with Crippen LogP contribution in [0.3, 0.4) is 0 Å². The van der Waals surface area contributed by atoms with Gasteiger partial charge in [-0.15, -0.1) is 0 Å². The van der Waals surface area contributed by atoms with E-state index in [9.17, 15) is 5.11 Å². The van der Waals surface area contributed by atoms with Gasteiger partial charge in [0.15, 0.2) is 0 Å². The van der Waals surface area contributed by atoms with Crippen LogP contribution in [-0.4, -0.2) is 48.3 Å². The number of piperidine rings is 1. The molecule has 2 rings (SSSR count). The summed E-state index contributed by atoms with van der Waals surface area (Å²) in [5, 5.41) is 13.4. The second kappa shape index (κ2) is 6.36. The van der Waals surface area contributed by atoms with Crippen molar-refractivity contribution in [1.29, 1.82) is 0 Å². The third-order valence-corrected chi connectivity index (χ3v) is 5.18. The Hall–Kier alpha value is -0.120. The van der Waals surface area contributed by atoms with Crippen LogP contribution in [0.25, 0.3) is 0 Å². The summed E-state index contributed by atoms with van der Waals surface area (Å²) < 4.78 is 0. The molecular weight excluding hydrogens is 224 g/mol. The zero-order chi connectivity index (χ0) is 13.1. The molecule has 2 aliphatic rings. The first-order valence-corrected chi connectivity index (χ1v) is 7.69. The van der Waals surface area contributed by atoms with E-state index in [-0.39, 0.29) is 0 Å². The second-order valence-electron chi connectivity index (χ2n) is 6.61. The maximum absolute atomic E-state index is 9.50. The molecule has 0 amide bonds. The molecule has 5 atom stereocenters. The Morgan fingerprint density at radius 2 is 1.89 bits per heavy atom. The van der Waals surface area contributed by atoms with Gasteiger partial charge in [-0.05, 0) is 45.1 Å². The van der Waals surface area contributed by atoms with Crippen LogP contribution < -0.4 is 5.32 Å². The van der Waals surface area contributed by atoms with E-state index in [1.54, 1.807) is 0 Å². The van der Waals surface area contributed by atoms with E-state index in [4.69, 9.17) is 0 Å². The summed E-state index contributed by atoms with van der Waals surface area (Å²) in [7, 11) is 2.23. The van der Waals surface area contributed by atoms with Crippen LogP contribution in [0.4, 0.5) is 0 Å². The van der Waals surface area contributed by atoms with Crippen LogP contribution in [0, 0.1) is 11.8 Å². The highest BCUT2D eigenvalue weighted by molar-refractivity contribution is 4.90. The Kier molecular flexibility index (Phi) is 5.05. The van der Waals surface area contributed by atoms with Crippen LogP contribution in [0.5, 0.6) is 0 Å². The third-order valence-electron chi connectivity index (χ3n) is 5.18. The van der Waals surface area contributed by atoms with Crippen molar-refractivity contribution in [2.24, 2.45) is 11.8 Å². The van der Waals surface area contributed by atoms with E-state index in [0.29, 0.717) is 36.6 Å². The standard InChI is InChI=1S/C15H30N2O/c1-11-9-17(3)12(2)8-15(11)16-14-7-5-4-6-13(14)10-18/h11-16,18H,4-10H2,1-3H3. The van der Waals surface area contributed by atoms with Crippen molar-refractivity contribution in [3.8, 4) is 0 Å². The van der Waals surface area contributed by atoms with Crippen molar-refractivity contribution >= 4 is 0 Å². The summed E-state index contributed by atoms with van der Waals surface area (Å²) in [4.78, 5) is 2.47. The number of nitrogens with zero attached hydrogens (tertiary/aromatic N) is 1. The van der Waals surface area contributed by atoms with Gasteiger partial charge in [-0.25, -0.2) is 0 Å². The molecule has 1 saturated heterocycles. The molecule has 0 radical (unpaired) electrons. The second-order valence-corrected chi connectivity index (χ2v) is 6.61. The van der Waals surface area contributed by atoms with Crippen molar-refractivity contribution in [1.82, 2.24) is 10.2 Å². The van der Waals surface area contributed by atoms with Crippen LogP contribution in [-0.2, 0) is 0 Å². The highest BCUT2D eigenvalue weighted by Gasteiger charge is 2.33. The van der Waals surface area contributed by atoms with Gasteiger partial charge in [-0.3, -0.25) is 0 Å². The van der Waals surface area contributed by atoms with Crippen molar-refractivity contribution in [3.63, 3.8) is 0 Å². The smallest absolute Gasteiger partial charge is 0.0474 e. The predicted octanol–water partition coefficient (Wildman–Crippen LogP) is 1.86. The molecule has 1 heterocycles. The molecule has 1 aliphatic heterocycles. The molecule has 106 valence electrons. The molecule has 2 fully saturated rings. The zero-order valence-electron chi connectivity index (χ0n) is 12.2. The summed E-state index contributed by atoms with van der Waals surface area (Å²) >= 11 is 0. The Bertz CT molecular complexity index is 259. The lowest BCUT2D eigenvalue weighted by Gasteiger charge is -2.43. The number of aliphatic hydroxyl groups is 1. The zero-order valence-corrected chi connectivity index (χ0v) is 12.2. The third kappa shape index (κ3) is 3.25. The topological polar surface area (TPSA) is 35.5 Å². The lowest BCUT2D eigenvalue weighted by atomic mass is 9.82. The van der Waals surface area contributed by atoms with Gasteiger partial charge in [-0.2, -0.15) is 0 Å². The summed E-state index contributed by atoms with van der Waals surface area (Å²) in [6.07, 6.45) is 6.31. The maximum atomic E-state index is 9.50. The first-order chi connectivity index (χ1) is 8.61. The van der Waals surface area contributed by atoms with Crippen molar-refractivity contribution in [2.45, 2.75) is 64.1 Å². The van der Waals surface area contributed by atoms with Crippen molar-refractivity contribution < 1.29 is 5.11 Å². The first-order valence-electron chi connectivity index (χ1n) is 7.69. The molecule has 1 saturated carbocycles. The average molecular weight is 254 g/mol. The van der Waals surface area contributed by atoms with Crippen LogP contribution in [0.2, 0.25) is 0 Å². The normalized spacial score (nSPS) is 43.0. The highest BCUT2D eigenvalue weighted by Crippen LogP contribution is 2.27. The molecular formula is C15H30N2O. The van der Waals surface area contributed by atoms with E-state index in [1.807, 2.05) is 0 Å². The minimum atomic E-state index is 0.355. The predicted molar refractivity (Wildman–Crippen MR) is 75.6 cm³/mol. The van der Waals surface area contributed by atoms with E-state index >= 15 is 0 Å². The fourth-order valence-corrected chi connectivity index (χ4v) is 3.69. The largest absolute Gasteiger partial charge is 0.396 e. The van der Waals surface area contributed by atoms with E-state index in [2.05, 4.69) is 31.1 Å². The number of aliphatic hydroxyl groups excluding tert-OH is 1. The SMILES string of the molecule is CC1CN(C)C(C)CC1NC1CCCCC1CO. The first kappa shape index (κ1) is 14.3. The maximum Gasteiger partial charge on any atom is 0.0474 e. The molecule has 2 N–H and O–H groups in total. The lowest BCUT2D eigenvalue weighted by molar-refractivity contribution is 0.0889. The lowest BCUT2D eigenvalue weighted by Crippen LogP contribution is -2.55.